The average Bonchev–Trinajstić information content (AvgIpc) is 3.19. The molecule has 0 aliphatic heterocycles. The van der Waals surface area contributed by atoms with E-state index in [9.17, 15) is 19.8 Å². The van der Waals surface area contributed by atoms with Gasteiger partial charge in [-0.1, -0.05) is 192 Å². The van der Waals surface area contributed by atoms with Crippen LogP contribution in [0.3, 0.4) is 0 Å². The zero-order valence-corrected chi connectivity index (χ0v) is 37.3. The number of aliphatic hydroxyl groups excluding tert-OH is 2. The maximum Gasteiger partial charge on any atom is 0.306 e. The van der Waals surface area contributed by atoms with E-state index >= 15 is 0 Å². The molecule has 3 atom stereocenters. The van der Waals surface area contributed by atoms with Crippen LogP contribution in [0.15, 0.2) is 36.5 Å². The maximum absolute atomic E-state index is 13.1. The fraction of sp³-hybridized carbons (Fsp3) is 0.840. The van der Waals surface area contributed by atoms with Crippen LogP contribution < -0.4 is 5.32 Å². The summed E-state index contributed by atoms with van der Waals surface area (Å²) in [6.45, 7) is 6.39. The van der Waals surface area contributed by atoms with E-state index in [1.165, 1.54) is 122 Å². The summed E-state index contributed by atoms with van der Waals surface area (Å²) in [5, 5.41) is 23.6. The van der Waals surface area contributed by atoms with E-state index in [2.05, 4.69) is 62.5 Å². The molecule has 0 spiro atoms. The molecule has 0 rings (SSSR count). The first-order chi connectivity index (χ1) is 27.5. The fourth-order valence-electron chi connectivity index (χ4n) is 7.21. The lowest BCUT2D eigenvalue weighted by molar-refractivity contribution is -0.151. The first-order valence-electron chi connectivity index (χ1n) is 24.2. The van der Waals surface area contributed by atoms with Crippen LogP contribution in [-0.2, 0) is 14.3 Å². The van der Waals surface area contributed by atoms with Gasteiger partial charge in [0, 0.05) is 6.42 Å². The maximum atomic E-state index is 13.1. The van der Waals surface area contributed by atoms with Crippen molar-refractivity contribution in [2.24, 2.45) is 0 Å². The van der Waals surface area contributed by atoms with Gasteiger partial charge in [-0.2, -0.15) is 0 Å². The summed E-state index contributed by atoms with van der Waals surface area (Å²) >= 11 is 0. The van der Waals surface area contributed by atoms with Gasteiger partial charge < -0.3 is 20.3 Å². The van der Waals surface area contributed by atoms with E-state index in [0.717, 1.165) is 77.0 Å². The van der Waals surface area contributed by atoms with E-state index < -0.39 is 18.2 Å². The topological polar surface area (TPSA) is 95.9 Å². The van der Waals surface area contributed by atoms with Gasteiger partial charge in [-0.25, -0.2) is 0 Å². The highest BCUT2D eigenvalue weighted by atomic mass is 16.5. The van der Waals surface area contributed by atoms with Crippen LogP contribution in [0, 0.1) is 0 Å². The predicted octanol–water partition coefficient (Wildman–Crippen LogP) is 14.1. The van der Waals surface area contributed by atoms with Crippen LogP contribution >= 0.6 is 0 Å². The van der Waals surface area contributed by atoms with Gasteiger partial charge in [-0.3, -0.25) is 9.59 Å². The Morgan fingerprint density at radius 1 is 0.518 bits per heavy atom. The van der Waals surface area contributed by atoms with Crippen LogP contribution in [0.4, 0.5) is 0 Å². The number of rotatable bonds is 43. The van der Waals surface area contributed by atoms with Crippen molar-refractivity contribution in [2.75, 3.05) is 6.61 Å². The Morgan fingerprint density at radius 3 is 1.48 bits per heavy atom. The lowest BCUT2D eigenvalue weighted by Gasteiger charge is -2.24. The van der Waals surface area contributed by atoms with Crippen molar-refractivity contribution in [2.45, 2.75) is 264 Å². The van der Waals surface area contributed by atoms with Crippen molar-refractivity contribution in [1.29, 1.82) is 0 Å². The molecule has 0 aromatic heterocycles. The lowest BCUT2D eigenvalue weighted by atomic mass is 10.0. The predicted molar refractivity (Wildman–Crippen MR) is 241 cm³/mol. The third-order valence-electron chi connectivity index (χ3n) is 10.9. The summed E-state index contributed by atoms with van der Waals surface area (Å²) in [5.74, 6) is -0.493. The highest BCUT2D eigenvalue weighted by molar-refractivity contribution is 5.77. The molecule has 0 heterocycles. The number of hydrogen-bond donors (Lipinski definition) is 3. The largest absolute Gasteiger partial charge is 0.462 e. The number of esters is 1. The van der Waals surface area contributed by atoms with Gasteiger partial charge in [0.05, 0.1) is 25.2 Å². The Morgan fingerprint density at radius 2 is 0.929 bits per heavy atom. The van der Waals surface area contributed by atoms with E-state index in [1.54, 1.807) is 0 Å². The molecule has 0 aliphatic rings. The molecule has 0 aromatic carbocycles. The fourth-order valence-corrected chi connectivity index (χ4v) is 7.21. The number of allylic oxidation sites excluding steroid dienone is 6. The second-order valence-electron chi connectivity index (χ2n) is 16.5. The standard InChI is InChI=1S/C50H93NO5/c1-4-7-10-13-16-19-20-21-22-23-24-25-26-27-28-31-34-37-40-43-50(55)56-46(41-38-35-32-29-17-14-11-8-5-2)44-49(54)51-47(45-52)48(53)42-39-36-33-30-18-15-12-9-6-3/h14,16-17,19,21-22,46-48,52-53H,4-13,15,18,20,23-45H2,1-3H3,(H,51,54)/b17-14-,19-16-,22-21-. The van der Waals surface area contributed by atoms with Crippen molar-refractivity contribution in [3.8, 4) is 0 Å². The summed E-state index contributed by atoms with van der Waals surface area (Å²) in [5.41, 5.74) is 0. The minimum atomic E-state index is -0.787. The highest BCUT2D eigenvalue weighted by Crippen LogP contribution is 2.17. The highest BCUT2D eigenvalue weighted by Gasteiger charge is 2.24. The van der Waals surface area contributed by atoms with Crippen molar-refractivity contribution in [1.82, 2.24) is 5.32 Å². The second-order valence-corrected chi connectivity index (χ2v) is 16.5. The van der Waals surface area contributed by atoms with E-state index in [1.807, 2.05) is 0 Å². The van der Waals surface area contributed by atoms with Gasteiger partial charge in [-0.05, 0) is 77.0 Å². The SMILES string of the molecule is CCCC/C=C\CCCCCC(CC(=O)NC(CO)C(O)CCCCCCCCCCC)OC(=O)CCCCCCCCCCC/C=C\C/C=C\CCCCC. The average molecular weight is 788 g/mol. The number of carbonyl (C=O) groups is 2. The zero-order valence-electron chi connectivity index (χ0n) is 37.3. The van der Waals surface area contributed by atoms with Gasteiger partial charge in [0.25, 0.3) is 0 Å². The van der Waals surface area contributed by atoms with E-state index in [4.69, 9.17) is 4.74 Å². The molecular weight excluding hydrogens is 695 g/mol. The van der Waals surface area contributed by atoms with Gasteiger partial charge in [0.1, 0.15) is 6.10 Å². The molecule has 6 heteroatoms. The van der Waals surface area contributed by atoms with Crippen molar-refractivity contribution >= 4 is 11.9 Å². The van der Waals surface area contributed by atoms with Crippen molar-refractivity contribution in [3.63, 3.8) is 0 Å². The van der Waals surface area contributed by atoms with Crippen molar-refractivity contribution < 1.29 is 24.5 Å². The molecule has 0 aromatic rings. The van der Waals surface area contributed by atoms with Crippen LogP contribution in [0.25, 0.3) is 0 Å². The Labute approximate surface area is 347 Å². The van der Waals surface area contributed by atoms with Crippen LogP contribution in [0.5, 0.6) is 0 Å². The summed E-state index contributed by atoms with van der Waals surface area (Å²) < 4.78 is 5.89. The molecule has 0 saturated heterocycles. The molecule has 3 unspecified atom stereocenters. The summed E-state index contributed by atoms with van der Waals surface area (Å²) in [7, 11) is 0. The molecule has 3 N–H and O–H groups in total. The Hall–Kier alpha value is -1.92. The number of unbranched alkanes of at least 4 members (excludes halogenated alkanes) is 25. The number of aliphatic hydroxyl groups is 2. The first-order valence-corrected chi connectivity index (χ1v) is 24.2. The molecule has 56 heavy (non-hydrogen) atoms. The van der Waals surface area contributed by atoms with E-state index in [0.29, 0.717) is 19.3 Å². The third-order valence-corrected chi connectivity index (χ3v) is 10.9. The third kappa shape index (κ3) is 38.9. The summed E-state index contributed by atoms with van der Waals surface area (Å²) in [4.78, 5) is 26.0. The van der Waals surface area contributed by atoms with Gasteiger partial charge >= 0.3 is 5.97 Å². The molecule has 0 bridgehead atoms. The molecule has 0 aliphatic carbocycles. The number of amides is 1. The lowest BCUT2D eigenvalue weighted by Crippen LogP contribution is -2.46. The minimum Gasteiger partial charge on any atom is -0.462 e. The minimum absolute atomic E-state index is 0.0662. The van der Waals surface area contributed by atoms with Crippen LogP contribution in [0.1, 0.15) is 245 Å². The molecule has 0 saturated carbocycles. The van der Waals surface area contributed by atoms with Crippen LogP contribution in [0.2, 0.25) is 0 Å². The summed E-state index contributed by atoms with van der Waals surface area (Å²) in [6.07, 6.45) is 50.7. The molecule has 0 fully saturated rings. The summed E-state index contributed by atoms with van der Waals surface area (Å²) in [6, 6.07) is -0.702. The Kier molecular flexibility index (Phi) is 42.7. The van der Waals surface area contributed by atoms with Crippen molar-refractivity contribution in [3.05, 3.63) is 36.5 Å². The molecular formula is C50H93NO5. The molecule has 0 radical (unpaired) electrons. The smallest absolute Gasteiger partial charge is 0.306 e. The molecule has 1 amide bonds. The number of ether oxygens (including phenoxy) is 1. The van der Waals surface area contributed by atoms with Gasteiger partial charge in [0.2, 0.25) is 5.91 Å². The number of hydrogen-bond acceptors (Lipinski definition) is 5. The quantitative estimate of drug-likeness (QED) is 0.0325. The number of nitrogens with one attached hydrogen (secondary N) is 1. The van der Waals surface area contributed by atoms with Crippen LogP contribution in [-0.4, -0.2) is 46.9 Å². The second kappa shape index (κ2) is 44.2. The first kappa shape index (κ1) is 54.1. The number of carbonyl (C=O) groups excluding carboxylic acids is 2. The molecule has 328 valence electrons. The van der Waals surface area contributed by atoms with Gasteiger partial charge in [-0.15, -0.1) is 0 Å². The Bertz CT molecular complexity index is 930. The normalized spacial score (nSPS) is 13.6. The Balaban J connectivity index is 4.43. The zero-order chi connectivity index (χ0) is 41.0. The monoisotopic (exact) mass is 788 g/mol. The van der Waals surface area contributed by atoms with E-state index in [-0.39, 0.29) is 24.9 Å². The molecule has 6 nitrogen and oxygen atoms in total. The van der Waals surface area contributed by atoms with Gasteiger partial charge in [0.15, 0.2) is 0 Å².